The maximum atomic E-state index is 13.0. The highest BCUT2D eigenvalue weighted by Crippen LogP contribution is 2.35. The van der Waals surface area contributed by atoms with Crippen molar-refractivity contribution in [1.29, 1.82) is 0 Å². The molecule has 1 atom stereocenters. The van der Waals surface area contributed by atoms with Crippen molar-refractivity contribution < 1.29 is 22.8 Å². The largest absolute Gasteiger partial charge is 0.418 e. The van der Waals surface area contributed by atoms with Crippen LogP contribution in [0, 0.1) is 0 Å². The third-order valence-electron chi connectivity index (χ3n) is 4.27. The van der Waals surface area contributed by atoms with Crippen molar-refractivity contribution in [3.05, 3.63) is 56.5 Å². The predicted octanol–water partition coefficient (Wildman–Crippen LogP) is 2.78. The normalized spacial score (nSPS) is 12.3. The number of alkyl halides is 3. The summed E-state index contributed by atoms with van der Waals surface area (Å²) >= 11 is 6.46. The minimum absolute atomic E-state index is 0.0145. The first kappa shape index (κ1) is 24.3. The lowest BCUT2D eigenvalue weighted by molar-refractivity contribution is -0.137. The quantitative estimate of drug-likeness (QED) is 0.401. The summed E-state index contributed by atoms with van der Waals surface area (Å²) in [6.07, 6.45) is -1.55. The summed E-state index contributed by atoms with van der Waals surface area (Å²) in [5.74, 6) is -1.54. The molecule has 3 rings (SSSR count). The van der Waals surface area contributed by atoms with E-state index in [1.165, 1.54) is 6.20 Å². The van der Waals surface area contributed by atoms with Gasteiger partial charge in [-0.15, -0.1) is 11.3 Å². The summed E-state index contributed by atoms with van der Waals surface area (Å²) in [5.41, 5.74) is 10.5. The van der Waals surface area contributed by atoms with Crippen molar-refractivity contribution in [2.75, 3.05) is 11.1 Å². The molecule has 3 aromatic rings. The number of nitrogens with zero attached hydrogens (tertiary/aromatic N) is 4. The van der Waals surface area contributed by atoms with E-state index >= 15 is 0 Å². The fourth-order valence-corrected chi connectivity index (χ4v) is 3.67. The van der Waals surface area contributed by atoms with E-state index in [0.717, 1.165) is 23.9 Å². The Balaban J connectivity index is 1.71. The van der Waals surface area contributed by atoms with Gasteiger partial charge in [-0.1, -0.05) is 11.6 Å². The number of nitrogen functional groups attached to an aromatic ring is 1. The van der Waals surface area contributed by atoms with Crippen molar-refractivity contribution in [1.82, 2.24) is 25.3 Å². The van der Waals surface area contributed by atoms with Gasteiger partial charge in [0.05, 0.1) is 22.8 Å². The van der Waals surface area contributed by atoms with Gasteiger partial charge < -0.3 is 22.1 Å². The molecule has 0 unspecified atom stereocenters. The van der Waals surface area contributed by atoms with E-state index in [9.17, 15) is 22.8 Å². The van der Waals surface area contributed by atoms with E-state index in [1.807, 2.05) is 0 Å². The number of nitrogens with one attached hydrogen (secondary N) is 2. The van der Waals surface area contributed by atoms with Crippen LogP contribution in [0.15, 0.2) is 24.8 Å². The Kier molecular flexibility index (Phi) is 7.09. The van der Waals surface area contributed by atoms with Crippen molar-refractivity contribution in [2.24, 2.45) is 5.73 Å². The summed E-state index contributed by atoms with van der Waals surface area (Å²) in [5, 5.41) is 4.71. The van der Waals surface area contributed by atoms with Crippen LogP contribution in [0.3, 0.4) is 0 Å². The maximum Gasteiger partial charge on any atom is 0.418 e. The van der Waals surface area contributed by atoms with Gasteiger partial charge in [-0.2, -0.15) is 13.2 Å². The zero-order valence-corrected chi connectivity index (χ0v) is 18.3. The molecule has 0 saturated heterocycles. The highest BCUT2D eigenvalue weighted by Gasteiger charge is 2.34. The number of halogens is 4. The number of anilines is 2. The van der Waals surface area contributed by atoms with Crippen molar-refractivity contribution >= 4 is 46.4 Å². The number of pyridine rings is 1. The number of carbonyl (C=O) groups is 2. The number of hydrogen-bond acceptors (Lipinski definition) is 9. The van der Waals surface area contributed by atoms with E-state index in [1.54, 1.807) is 6.92 Å². The molecule has 10 nitrogen and oxygen atoms in total. The Hall–Kier alpha value is -3.36. The first-order valence-electron chi connectivity index (χ1n) is 9.11. The molecule has 15 heteroatoms. The smallest absolute Gasteiger partial charge is 0.383 e. The number of rotatable bonds is 6. The summed E-state index contributed by atoms with van der Waals surface area (Å²) in [6, 6.07) is 0.00404. The van der Waals surface area contributed by atoms with Crippen LogP contribution in [0.5, 0.6) is 0 Å². The van der Waals surface area contributed by atoms with Crippen LogP contribution in [0.2, 0.25) is 5.02 Å². The monoisotopic (exact) mass is 500 g/mol. The molecule has 6 N–H and O–H groups in total. The Labute approximate surface area is 193 Å². The molecule has 3 heterocycles. The van der Waals surface area contributed by atoms with Gasteiger partial charge in [0.15, 0.2) is 0 Å². The lowest BCUT2D eigenvalue weighted by Crippen LogP contribution is -2.29. The molecule has 0 aromatic carbocycles. The number of aromatic nitrogens is 4. The van der Waals surface area contributed by atoms with Gasteiger partial charge in [0.1, 0.15) is 33.5 Å². The van der Waals surface area contributed by atoms with Crippen LogP contribution >= 0.6 is 22.9 Å². The summed E-state index contributed by atoms with van der Waals surface area (Å²) in [4.78, 5) is 40.6. The molecule has 0 saturated carbocycles. The Morgan fingerprint density at radius 1 is 1.18 bits per heavy atom. The highest BCUT2D eigenvalue weighted by molar-refractivity contribution is 7.13. The molecule has 0 aliphatic rings. The molecular formula is C18H16ClF3N8O2S. The second-order valence-electron chi connectivity index (χ2n) is 6.55. The van der Waals surface area contributed by atoms with Crippen molar-refractivity contribution in [2.45, 2.75) is 25.7 Å². The average molecular weight is 501 g/mol. The maximum absolute atomic E-state index is 13.0. The van der Waals surface area contributed by atoms with E-state index in [0.29, 0.717) is 11.1 Å². The third-order valence-corrected chi connectivity index (χ3v) is 5.75. The number of thiazole rings is 1. The second-order valence-corrected chi connectivity index (χ2v) is 8.02. The topological polar surface area (TPSA) is 162 Å². The van der Waals surface area contributed by atoms with E-state index < -0.39 is 34.6 Å². The van der Waals surface area contributed by atoms with E-state index in [-0.39, 0.29) is 34.3 Å². The van der Waals surface area contributed by atoms with Gasteiger partial charge in [-0.25, -0.2) is 19.9 Å². The SMILES string of the molecule is C[C@H](NC(=O)c1ncnc(N)c1CN)c1ncc(C(=O)Nc2cc(C(F)(F)F)c(Cl)cn2)s1. The fraction of sp³-hybridized carbons (Fsp3) is 0.222. The Bertz CT molecular complexity index is 1200. The molecule has 2 amide bonds. The number of amides is 2. The number of carbonyl (C=O) groups excluding carboxylic acids is 2. The van der Waals surface area contributed by atoms with Crippen LogP contribution in [-0.4, -0.2) is 31.8 Å². The van der Waals surface area contributed by atoms with Gasteiger partial charge >= 0.3 is 6.18 Å². The predicted molar refractivity (Wildman–Crippen MR) is 115 cm³/mol. The zero-order chi connectivity index (χ0) is 24.3. The van der Waals surface area contributed by atoms with Gasteiger partial charge in [-0.05, 0) is 13.0 Å². The average Bonchev–Trinajstić information content (AvgIpc) is 3.24. The van der Waals surface area contributed by atoms with Crippen LogP contribution in [0.25, 0.3) is 0 Å². The van der Waals surface area contributed by atoms with Crippen LogP contribution < -0.4 is 22.1 Å². The van der Waals surface area contributed by atoms with Crippen LogP contribution in [0.1, 0.15) is 49.3 Å². The van der Waals surface area contributed by atoms with Gasteiger partial charge in [0.2, 0.25) is 0 Å². The van der Waals surface area contributed by atoms with Crippen LogP contribution in [0.4, 0.5) is 24.8 Å². The molecule has 174 valence electrons. The minimum Gasteiger partial charge on any atom is -0.383 e. The standard InChI is InChI=1S/C18H16ClF3N8O2S/c1-7(29-16(32)13-8(3-23)14(24)28-6-27-13)17-26-5-11(33-17)15(31)30-12-2-9(18(20,21)22)10(19)4-25-12/h2,4-7H,3,23H2,1H3,(H,29,32)(H2,24,27,28)(H,25,30,31)/t7-/m0/s1. The van der Waals surface area contributed by atoms with Crippen molar-refractivity contribution in [3.63, 3.8) is 0 Å². The lowest BCUT2D eigenvalue weighted by atomic mass is 10.2. The first-order valence-corrected chi connectivity index (χ1v) is 10.3. The minimum atomic E-state index is -4.71. The number of nitrogens with two attached hydrogens (primary N) is 2. The summed E-state index contributed by atoms with van der Waals surface area (Å²) < 4.78 is 39.0. The number of hydrogen-bond donors (Lipinski definition) is 4. The highest BCUT2D eigenvalue weighted by atomic mass is 35.5. The zero-order valence-electron chi connectivity index (χ0n) is 16.8. The Morgan fingerprint density at radius 3 is 2.58 bits per heavy atom. The second kappa shape index (κ2) is 9.64. The van der Waals surface area contributed by atoms with Crippen LogP contribution in [-0.2, 0) is 12.7 Å². The molecule has 0 spiro atoms. The van der Waals surface area contributed by atoms with Gasteiger partial charge in [-0.3, -0.25) is 9.59 Å². The molecule has 3 aromatic heterocycles. The lowest BCUT2D eigenvalue weighted by Gasteiger charge is -2.13. The molecule has 0 bridgehead atoms. The molecular weight excluding hydrogens is 485 g/mol. The van der Waals surface area contributed by atoms with Gasteiger partial charge in [0.25, 0.3) is 11.8 Å². The molecule has 0 fully saturated rings. The molecule has 0 radical (unpaired) electrons. The fourth-order valence-electron chi connectivity index (χ4n) is 2.64. The Morgan fingerprint density at radius 2 is 1.91 bits per heavy atom. The summed E-state index contributed by atoms with van der Waals surface area (Å²) in [6.45, 7) is 1.58. The molecule has 33 heavy (non-hydrogen) atoms. The van der Waals surface area contributed by atoms with Crippen molar-refractivity contribution in [3.8, 4) is 0 Å². The van der Waals surface area contributed by atoms with E-state index in [2.05, 4.69) is 30.6 Å². The first-order chi connectivity index (χ1) is 15.5. The molecule has 0 aliphatic heterocycles. The molecule has 0 aliphatic carbocycles. The van der Waals surface area contributed by atoms with E-state index in [4.69, 9.17) is 23.1 Å². The third kappa shape index (κ3) is 5.53. The summed E-state index contributed by atoms with van der Waals surface area (Å²) in [7, 11) is 0. The van der Waals surface area contributed by atoms with Gasteiger partial charge in [0, 0.05) is 18.3 Å².